The fourth-order valence-corrected chi connectivity index (χ4v) is 3.98. The van der Waals surface area contributed by atoms with E-state index in [9.17, 15) is 9.59 Å². The highest BCUT2D eigenvalue weighted by molar-refractivity contribution is 5.89. The summed E-state index contributed by atoms with van der Waals surface area (Å²) in [7, 11) is 2.06. The number of piperidine rings is 1. The first kappa shape index (κ1) is 17.9. The van der Waals surface area contributed by atoms with E-state index in [0.717, 1.165) is 12.8 Å². The van der Waals surface area contributed by atoms with Crippen LogP contribution in [-0.2, 0) is 14.3 Å². The first-order valence-corrected chi connectivity index (χ1v) is 9.12. The van der Waals surface area contributed by atoms with Crippen LogP contribution < -0.4 is 0 Å². The summed E-state index contributed by atoms with van der Waals surface area (Å²) in [4.78, 5) is 27.5. The minimum Gasteiger partial charge on any atom is -0.465 e. The Morgan fingerprint density at radius 3 is 2.60 bits per heavy atom. The summed E-state index contributed by atoms with van der Waals surface area (Å²) >= 11 is 0. The van der Waals surface area contributed by atoms with E-state index < -0.39 is 12.0 Å². The largest absolute Gasteiger partial charge is 0.465 e. The van der Waals surface area contributed by atoms with Crippen molar-refractivity contribution in [3.05, 3.63) is 35.9 Å². The van der Waals surface area contributed by atoms with Gasteiger partial charge in [0.15, 0.2) is 0 Å². The number of carbonyl (C=O) groups is 2. The Labute approximate surface area is 149 Å². The minimum absolute atomic E-state index is 0.0898. The quantitative estimate of drug-likeness (QED) is 0.768. The lowest BCUT2D eigenvalue weighted by atomic mass is 9.87. The Morgan fingerprint density at radius 2 is 1.92 bits per heavy atom. The summed E-state index contributed by atoms with van der Waals surface area (Å²) < 4.78 is 11.3. The fraction of sp³-hybridized carbons (Fsp3) is 0.600. The summed E-state index contributed by atoms with van der Waals surface area (Å²) in [6, 6.07) is 9.40. The van der Waals surface area contributed by atoms with Gasteiger partial charge in [0, 0.05) is 18.5 Å². The zero-order valence-corrected chi connectivity index (χ0v) is 15.2. The standard InChI is InChI=1S/C20H27NO4/c1-13(2)12-24-20(23)18-16-10-9-15(21(16)3)11-17(18)25-19(22)14-7-5-4-6-8-14/h4-8,13,15-18H,9-12H2,1-3H3/t15-,16+,17-,18+/m0/s1. The van der Waals surface area contributed by atoms with Crippen LogP contribution in [0.3, 0.4) is 0 Å². The predicted molar refractivity (Wildman–Crippen MR) is 94.1 cm³/mol. The highest BCUT2D eigenvalue weighted by Crippen LogP contribution is 2.40. The molecule has 5 heteroatoms. The van der Waals surface area contributed by atoms with Crippen molar-refractivity contribution in [2.75, 3.05) is 13.7 Å². The van der Waals surface area contributed by atoms with Crippen LogP contribution in [0.15, 0.2) is 30.3 Å². The fourth-order valence-electron chi connectivity index (χ4n) is 3.98. The Kier molecular flexibility index (Phi) is 5.42. The van der Waals surface area contributed by atoms with Crippen molar-refractivity contribution in [2.45, 2.75) is 51.3 Å². The second-order valence-corrected chi connectivity index (χ2v) is 7.56. The maximum absolute atomic E-state index is 12.7. The van der Waals surface area contributed by atoms with Gasteiger partial charge in [-0.25, -0.2) is 4.79 Å². The number of benzene rings is 1. The number of hydrogen-bond acceptors (Lipinski definition) is 5. The second-order valence-electron chi connectivity index (χ2n) is 7.56. The second kappa shape index (κ2) is 7.56. The highest BCUT2D eigenvalue weighted by Gasteiger charge is 2.51. The maximum Gasteiger partial charge on any atom is 0.338 e. The third kappa shape index (κ3) is 3.87. The number of fused-ring (bicyclic) bond motifs is 2. The SMILES string of the molecule is CC(C)COC(=O)[C@H]1[C@@H](OC(=O)c2ccccc2)C[C@@H]2CC[C@H]1N2C. The number of hydrogen-bond donors (Lipinski definition) is 0. The molecule has 2 fully saturated rings. The molecule has 3 rings (SSSR count). The molecule has 1 aromatic carbocycles. The van der Waals surface area contributed by atoms with Crippen molar-refractivity contribution in [3.8, 4) is 0 Å². The van der Waals surface area contributed by atoms with Gasteiger partial charge in [-0.05, 0) is 37.9 Å². The summed E-state index contributed by atoms with van der Waals surface area (Å²) in [5.74, 6) is -0.727. The number of ether oxygens (including phenoxy) is 2. The van der Waals surface area contributed by atoms with Crippen molar-refractivity contribution in [3.63, 3.8) is 0 Å². The summed E-state index contributed by atoms with van der Waals surface area (Å²) in [5, 5.41) is 0. The van der Waals surface area contributed by atoms with Gasteiger partial charge in [-0.15, -0.1) is 0 Å². The average molecular weight is 345 g/mol. The number of rotatable bonds is 5. The van der Waals surface area contributed by atoms with Gasteiger partial charge in [0.2, 0.25) is 0 Å². The summed E-state index contributed by atoms with van der Waals surface area (Å²) in [6.07, 6.45) is 2.25. The van der Waals surface area contributed by atoms with E-state index in [1.54, 1.807) is 12.1 Å². The molecule has 4 atom stereocenters. The van der Waals surface area contributed by atoms with Gasteiger partial charge >= 0.3 is 11.9 Å². The molecule has 25 heavy (non-hydrogen) atoms. The molecule has 0 unspecified atom stereocenters. The van der Waals surface area contributed by atoms with Crippen molar-refractivity contribution < 1.29 is 19.1 Å². The molecular formula is C20H27NO4. The molecular weight excluding hydrogens is 318 g/mol. The van der Waals surface area contributed by atoms with E-state index in [2.05, 4.69) is 11.9 Å². The minimum atomic E-state index is -0.416. The molecule has 0 N–H and O–H groups in total. The number of esters is 2. The summed E-state index contributed by atoms with van der Waals surface area (Å²) in [5.41, 5.74) is 0.517. The number of carbonyl (C=O) groups excluding carboxylic acids is 2. The maximum atomic E-state index is 12.7. The molecule has 0 amide bonds. The van der Waals surface area contributed by atoms with E-state index in [1.165, 1.54) is 0 Å². The van der Waals surface area contributed by atoms with Gasteiger partial charge < -0.3 is 9.47 Å². The summed E-state index contributed by atoms with van der Waals surface area (Å²) in [6.45, 7) is 4.42. The molecule has 2 aliphatic rings. The van der Waals surface area contributed by atoms with Crippen LogP contribution in [0, 0.1) is 11.8 Å². The Bertz CT molecular complexity index is 615. The van der Waals surface area contributed by atoms with Crippen LogP contribution in [0.25, 0.3) is 0 Å². The van der Waals surface area contributed by atoms with Gasteiger partial charge in [0.05, 0.1) is 12.2 Å². The molecule has 0 spiro atoms. The monoisotopic (exact) mass is 345 g/mol. The molecule has 0 saturated carbocycles. The van der Waals surface area contributed by atoms with Crippen LogP contribution in [0.2, 0.25) is 0 Å². The molecule has 5 nitrogen and oxygen atoms in total. The van der Waals surface area contributed by atoms with Crippen LogP contribution in [0.1, 0.15) is 43.5 Å². The van der Waals surface area contributed by atoms with Crippen LogP contribution >= 0.6 is 0 Å². The zero-order valence-electron chi connectivity index (χ0n) is 15.2. The van der Waals surface area contributed by atoms with Gasteiger partial charge in [-0.3, -0.25) is 9.69 Å². The predicted octanol–water partition coefficient (Wildman–Crippen LogP) is 2.89. The van der Waals surface area contributed by atoms with Crippen molar-refractivity contribution in [1.82, 2.24) is 4.90 Å². The lowest BCUT2D eigenvalue weighted by Crippen LogP contribution is -2.53. The first-order valence-electron chi connectivity index (χ1n) is 9.12. The topological polar surface area (TPSA) is 55.8 Å². The molecule has 136 valence electrons. The highest BCUT2D eigenvalue weighted by atomic mass is 16.6. The lowest BCUT2D eigenvalue weighted by Gasteiger charge is -2.41. The molecule has 2 saturated heterocycles. The van der Waals surface area contributed by atoms with Gasteiger partial charge in [0.1, 0.15) is 12.0 Å². The Balaban J connectivity index is 1.75. The third-order valence-corrected chi connectivity index (χ3v) is 5.31. The van der Waals surface area contributed by atoms with E-state index in [-0.39, 0.29) is 23.9 Å². The molecule has 2 heterocycles. The molecule has 2 aliphatic heterocycles. The van der Waals surface area contributed by atoms with E-state index in [4.69, 9.17) is 9.47 Å². The van der Waals surface area contributed by atoms with Crippen LogP contribution in [0.5, 0.6) is 0 Å². The van der Waals surface area contributed by atoms with E-state index in [0.29, 0.717) is 24.6 Å². The van der Waals surface area contributed by atoms with E-state index >= 15 is 0 Å². The van der Waals surface area contributed by atoms with Gasteiger partial charge in [0.25, 0.3) is 0 Å². The normalized spacial score (nSPS) is 28.8. The molecule has 1 aromatic rings. The molecule has 0 aliphatic carbocycles. The third-order valence-electron chi connectivity index (χ3n) is 5.31. The average Bonchev–Trinajstić information content (AvgIpc) is 2.83. The van der Waals surface area contributed by atoms with Crippen molar-refractivity contribution >= 4 is 11.9 Å². The Morgan fingerprint density at radius 1 is 1.20 bits per heavy atom. The van der Waals surface area contributed by atoms with E-state index in [1.807, 2.05) is 32.0 Å². The molecule has 0 aromatic heterocycles. The van der Waals surface area contributed by atoms with Crippen molar-refractivity contribution in [1.29, 1.82) is 0 Å². The smallest absolute Gasteiger partial charge is 0.338 e. The first-order chi connectivity index (χ1) is 12.0. The van der Waals surface area contributed by atoms with Gasteiger partial charge in [-0.1, -0.05) is 32.0 Å². The van der Waals surface area contributed by atoms with Gasteiger partial charge in [-0.2, -0.15) is 0 Å². The molecule has 2 bridgehead atoms. The van der Waals surface area contributed by atoms with Crippen molar-refractivity contribution in [2.24, 2.45) is 11.8 Å². The Hall–Kier alpha value is -1.88. The zero-order chi connectivity index (χ0) is 18.0. The lowest BCUT2D eigenvalue weighted by molar-refractivity contribution is -0.160. The number of nitrogens with zero attached hydrogens (tertiary/aromatic N) is 1. The van der Waals surface area contributed by atoms with Crippen LogP contribution in [0.4, 0.5) is 0 Å². The molecule has 0 radical (unpaired) electrons. The van der Waals surface area contributed by atoms with Crippen LogP contribution in [-0.4, -0.2) is 48.7 Å².